The van der Waals surface area contributed by atoms with Crippen LogP contribution in [0.4, 0.5) is 16.2 Å². The average Bonchev–Trinajstić information content (AvgIpc) is 3.35. The second-order valence-corrected chi connectivity index (χ2v) is 11.7. The molecule has 0 fully saturated rings. The van der Waals surface area contributed by atoms with E-state index in [0.717, 1.165) is 6.26 Å². The highest BCUT2D eigenvalue weighted by atomic mass is 32.2. The van der Waals surface area contributed by atoms with Crippen LogP contribution in [0.15, 0.2) is 36.4 Å². The Morgan fingerprint density at radius 1 is 1.15 bits per heavy atom. The Morgan fingerprint density at radius 3 is 2.56 bits per heavy atom. The van der Waals surface area contributed by atoms with Gasteiger partial charge >= 0.3 is 6.03 Å². The third-order valence-corrected chi connectivity index (χ3v) is 7.25. The number of nitrogens with zero attached hydrogens (tertiary/aromatic N) is 2. The highest BCUT2D eigenvalue weighted by Crippen LogP contribution is 2.34. The lowest BCUT2D eigenvalue weighted by Gasteiger charge is -2.34. The molecule has 13 heteroatoms. The van der Waals surface area contributed by atoms with E-state index in [2.05, 4.69) is 10.0 Å². The van der Waals surface area contributed by atoms with Crippen LogP contribution in [-0.2, 0) is 21.2 Å². The number of sulfonamides is 1. The second-order valence-electron chi connectivity index (χ2n) is 9.96. The summed E-state index contributed by atoms with van der Waals surface area (Å²) in [5.41, 5.74) is 1.35. The number of likely N-dealkylation sites (N-methyl/N-ethyl adjacent to an activating group) is 1. The molecule has 2 heterocycles. The van der Waals surface area contributed by atoms with Gasteiger partial charge in [0.15, 0.2) is 11.5 Å². The van der Waals surface area contributed by atoms with Crippen molar-refractivity contribution in [3.8, 4) is 17.2 Å². The van der Waals surface area contributed by atoms with Crippen molar-refractivity contribution in [3.63, 3.8) is 0 Å². The number of urea groups is 1. The van der Waals surface area contributed by atoms with Gasteiger partial charge < -0.3 is 34.4 Å². The van der Waals surface area contributed by atoms with Crippen LogP contribution in [0.2, 0.25) is 0 Å². The summed E-state index contributed by atoms with van der Waals surface area (Å²) >= 11 is 0. The molecule has 0 spiro atoms. The van der Waals surface area contributed by atoms with Crippen molar-refractivity contribution in [2.75, 3.05) is 49.8 Å². The standard InChI is InChI=1S/C26H34N4O8S/c1-16-12-30(17(2)14-31)25(32)10-18-9-20(28-39(4,34)35)6-7-21(18)38-24(16)13-29(3)26(33)27-19-5-8-22-23(11-19)37-15-36-22/h5-9,11,16-17,24,28,31H,10,12-15H2,1-4H3,(H,27,33)/t16-,17+,24-/m1/s1. The van der Waals surface area contributed by atoms with Gasteiger partial charge in [-0.1, -0.05) is 6.92 Å². The summed E-state index contributed by atoms with van der Waals surface area (Å²) < 4.78 is 43.0. The summed E-state index contributed by atoms with van der Waals surface area (Å²) in [6.07, 6.45) is 0.478. The predicted molar refractivity (Wildman–Crippen MR) is 145 cm³/mol. The highest BCUT2D eigenvalue weighted by Gasteiger charge is 2.32. The topological polar surface area (TPSA) is 147 Å². The molecule has 3 N–H and O–H groups in total. The minimum Gasteiger partial charge on any atom is -0.488 e. The first-order valence-electron chi connectivity index (χ1n) is 12.5. The van der Waals surface area contributed by atoms with E-state index in [4.69, 9.17) is 14.2 Å². The molecule has 12 nitrogen and oxygen atoms in total. The van der Waals surface area contributed by atoms with Crippen LogP contribution in [0, 0.1) is 5.92 Å². The van der Waals surface area contributed by atoms with Gasteiger partial charge in [-0.15, -0.1) is 0 Å². The monoisotopic (exact) mass is 562 g/mol. The quantitative estimate of drug-likeness (QED) is 0.465. The molecule has 2 aromatic rings. The molecular weight excluding hydrogens is 528 g/mol. The molecule has 0 aromatic heterocycles. The maximum absolute atomic E-state index is 13.3. The van der Waals surface area contributed by atoms with Crippen molar-refractivity contribution in [2.45, 2.75) is 32.4 Å². The lowest BCUT2D eigenvalue weighted by Crippen LogP contribution is -2.48. The molecule has 0 aliphatic carbocycles. The van der Waals surface area contributed by atoms with Gasteiger partial charge in [0, 0.05) is 42.5 Å². The first-order valence-corrected chi connectivity index (χ1v) is 14.4. The van der Waals surface area contributed by atoms with Crippen LogP contribution in [0.5, 0.6) is 17.2 Å². The molecule has 4 rings (SSSR count). The summed E-state index contributed by atoms with van der Waals surface area (Å²) in [4.78, 5) is 29.4. The lowest BCUT2D eigenvalue weighted by atomic mass is 10.0. The molecular formula is C26H34N4O8S. The van der Waals surface area contributed by atoms with Crippen LogP contribution in [0.1, 0.15) is 19.4 Å². The van der Waals surface area contributed by atoms with E-state index in [0.29, 0.717) is 40.7 Å². The van der Waals surface area contributed by atoms with E-state index >= 15 is 0 Å². The molecule has 2 aliphatic heterocycles. The molecule has 0 radical (unpaired) electrons. The number of hydrogen-bond donors (Lipinski definition) is 3. The maximum atomic E-state index is 13.3. The number of fused-ring (bicyclic) bond motifs is 2. The largest absolute Gasteiger partial charge is 0.488 e. The number of benzene rings is 2. The lowest BCUT2D eigenvalue weighted by molar-refractivity contribution is -0.134. The molecule has 0 bridgehead atoms. The van der Waals surface area contributed by atoms with Crippen LogP contribution in [-0.4, -0.2) is 87.2 Å². The predicted octanol–water partition coefficient (Wildman–Crippen LogP) is 2.10. The smallest absolute Gasteiger partial charge is 0.321 e. The summed E-state index contributed by atoms with van der Waals surface area (Å²) in [7, 11) is -1.89. The van der Waals surface area contributed by atoms with Crippen LogP contribution in [0.3, 0.4) is 0 Å². The van der Waals surface area contributed by atoms with Gasteiger partial charge in [0.25, 0.3) is 0 Å². The number of anilines is 2. The third kappa shape index (κ3) is 7.03. The van der Waals surface area contributed by atoms with Gasteiger partial charge in [-0.25, -0.2) is 13.2 Å². The van der Waals surface area contributed by atoms with E-state index in [1.165, 1.54) is 4.90 Å². The Hall–Kier alpha value is -3.71. The van der Waals surface area contributed by atoms with Gasteiger partial charge in [0.2, 0.25) is 22.7 Å². The fraction of sp³-hybridized carbons (Fsp3) is 0.462. The van der Waals surface area contributed by atoms with Gasteiger partial charge in [-0.2, -0.15) is 0 Å². The van der Waals surface area contributed by atoms with Crippen molar-refractivity contribution in [3.05, 3.63) is 42.0 Å². The Morgan fingerprint density at radius 2 is 1.85 bits per heavy atom. The number of nitrogens with one attached hydrogen (secondary N) is 2. The molecule has 3 atom stereocenters. The van der Waals surface area contributed by atoms with Gasteiger partial charge in [-0.05, 0) is 37.3 Å². The zero-order chi connectivity index (χ0) is 28.3. The number of amides is 3. The fourth-order valence-electron chi connectivity index (χ4n) is 4.47. The minimum atomic E-state index is -3.53. The summed E-state index contributed by atoms with van der Waals surface area (Å²) in [5, 5.41) is 12.6. The maximum Gasteiger partial charge on any atom is 0.321 e. The molecule has 3 amide bonds. The summed E-state index contributed by atoms with van der Waals surface area (Å²) in [6.45, 7) is 4.08. The molecule has 0 unspecified atom stereocenters. The minimum absolute atomic E-state index is 0.0428. The number of carbonyl (C=O) groups is 2. The fourth-order valence-corrected chi connectivity index (χ4v) is 5.03. The number of aliphatic hydroxyl groups is 1. The molecule has 212 valence electrons. The summed E-state index contributed by atoms with van der Waals surface area (Å²) in [5.74, 6) is 1.14. The molecule has 2 aliphatic rings. The van der Waals surface area contributed by atoms with Crippen molar-refractivity contribution in [1.82, 2.24) is 9.80 Å². The normalized spacial score (nSPS) is 19.6. The van der Waals surface area contributed by atoms with Crippen molar-refractivity contribution >= 4 is 33.3 Å². The average molecular weight is 563 g/mol. The highest BCUT2D eigenvalue weighted by molar-refractivity contribution is 7.92. The van der Waals surface area contributed by atoms with Crippen molar-refractivity contribution < 1.29 is 37.3 Å². The number of hydrogen-bond acceptors (Lipinski definition) is 8. The molecule has 2 aromatic carbocycles. The van der Waals surface area contributed by atoms with Crippen LogP contribution >= 0.6 is 0 Å². The Labute approximate surface area is 227 Å². The van der Waals surface area contributed by atoms with Crippen LogP contribution < -0.4 is 24.2 Å². The van der Waals surface area contributed by atoms with Gasteiger partial charge in [0.1, 0.15) is 11.9 Å². The number of carbonyl (C=O) groups excluding carboxylic acids is 2. The van der Waals surface area contributed by atoms with Gasteiger partial charge in [-0.3, -0.25) is 9.52 Å². The van der Waals surface area contributed by atoms with E-state index in [-0.39, 0.29) is 44.2 Å². The van der Waals surface area contributed by atoms with E-state index in [1.807, 2.05) is 6.92 Å². The Kier molecular flexibility index (Phi) is 8.40. The third-order valence-electron chi connectivity index (χ3n) is 6.64. The number of aliphatic hydroxyl groups excluding tert-OH is 1. The van der Waals surface area contributed by atoms with Gasteiger partial charge in [0.05, 0.1) is 31.9 Å². The molecule has 0 saturated carbocycles. The number of ether oxygens (including phenoxy) is 3. The first kappa shape index (κ1) is 28.3. The molecule has 39 heavy (non-hydrogen) atoms. The van der Waals surface area contributed by atoms with E-state index < -0.39 is 22.2 Å². The number of rotatable bonds is 7. The second kappa shape index (κ2) is 11.6. The van der Waals surface area contributed by atoms with E-state index in [9.17, 15) is 23.1 Å². The SMILES string of the molecule is C[C@@H]1CN([C@@H](C)CO)C(=O)Cc2cc(NS(C)(=O)=O)ccc2O[C@@H]1CN(C)C(=O)Nc1ccc2c(c1)OCO2. The van der Waals surface area contributed by atoms with Crippen molar-refractivity contribution in [1.29, 1.82) is 0 Å². The Bertz CT molecular complexity index is 1340. The zero-order valence-corrected chi connectivity index (χ0v) is 23.2. The van der Waals surface area contributed by atoms with Crippen molar-refractivity contribution in [2.24, 2.45) is 5.92 Å². The zero-order valence-electron chi connectivity index (χ0n) is 22.3. The Balaban J connectivity index is 1.57. The summed E-state index contributed by atoms with van der Waals surface area (Å²) in [6, 6.07) is 9.07. The van der Waals surface area contributed by atoms with E-state index in [1.54, 1.807) is 55.3 Å². The molecule has 0 saturated heterocycles. The first-order chi connectivity index (χ1) is 18.4. The van der Waals surface area contributed by atoms with Crippen LogP contribution in [0.25, 0.3) is 0 Å².